The summed E-state index contributed by atoms with van der Waals surface area (Å²) in [6, 6.07) is 10.7. The first kappa shape index (κ1) is 20.9. The Kier molecular flexibility index (Phi) is 5.94. The van der Waals surface area contributed by atoms with Crippen molar-refractivity contribution < 1.29 is 18.7 Å². The topological polar surface area (TPSA) is 75.6 Å². The molecule has 3 aromatic rings. The van der Waals surface area contributed by atoms with Crippen LogP contribution in [0.3, 0.4) is 0 Å². The minimum atomic E-state index is -0.818. The van der Waals surface area contributed by atoms with Gasteiger partial charge in [-0.25, -0.2) is 14.2 Å². The van der Waals surface area contributed by atoms with E-state index >= 15 is 0 Å². The number of amides is 1. The van der Waals surface area contributed by atoms with Crippen LogP contribution in [-0.4, -0.2) is 53.8 Å². The van der Waals surface area contributed by atoms with E-state index in [1.54, 1.807) is 0 Å². The molecule has 0 bridgehead atoms. The zero-order valence-electron chi connectivity index (χ0n) is 17.2. The normalized spacial score (nSPS) is 13.3. The van der Waals surface area contributed by atoms with Crippen LogP contribution < -0.4 is 9.64 Å². The number of rotatable bonds is 5. The van der Waals surface area contributed by atoms with E-state index < -0.39 is 17.7 Å². The molecule has 160 valence electrons. The van der Waals surface area contributed by atoms with Crippen LogP contribution >= 0.6 is 11.5 Å². The summed E-state index contributed by atoms with van der Waals surface area (Å²) in [7, 11) is 2.94. The molecule has 1 fully saturated rings. The number of carbonyl (C=O) groups excluding carboxylic acids is 2. The van der Waals surface area contributed by atoms with Gasteiger partial charge in [-0.05, 0) is 60.8 Å². The van der Waals surface area contributed by atoms with E-state index in [-0.39, 0.29) is 5.56 Å². The van der Waals surface area contributed by atoms with Crippen molar-refractivity contribution in [2.24, 2.45) is 0 Å². The van der Waals surface area contributed by atoms with Crippen molar-refractivity contribution in [3.05, 3.63) is 47.8 Å². The Morgan fingerprint density at radius 3 is 2.52 bits per heavy atom. The highest BCUT2D eigenvalue weighted by molar-refractivity contribution is 7.09. The van der Waals surface area contributed by atoms with E-state index in [0.717, 1.165) is 35.1 Å². The number of carbonyl (C=O) groups is 2. The van der Waals surface area contributed by atoms with E-state index in [0.29, 0.717) is 22.7 Å². The van der Waals surface area contributed by atoms with Crippen molar-refractivity contribution >= 4 is 29.6 Å². The minimum absolute atomic E-state index is 0.0723. The molecule has 4 rings (SSSR count). The Labute approximate surface area is 183 Å². The number of anilines is 1. The fourth-order valence-electron chi connectivity index (χ4n) is 3.37. The smallest absolute Gasteiger partial charge is 0.406 e. The Bertz CT molecular complexity index is 1110. The van der Waals surface area contributed by atoms with Gasteiger partial charge >= 0.3 is 6.09 Å². The largest absolute Gasteiger partial charge is 0.414 e. The summed E-state index contributed by atoms with van der Waals surface area (Å²) < 4.78 is 24.0. The van der Waals surface area contributed by atoms with E-state index in [1.807, 2.05) is 12.1 Å². The van der Waals surface area contributed by atoms with Gasteiger partial charge in [-0.2, -0.15) is 4.37 Å². The first-order valence-corrected chi connectivity index (χ1v) is 10.6. The number of halogens is 1. The summed E-state index contributed by atoms with van der Waals surface area (Å²) in [6.07, 6.45) is 2.10. The van der Waals surface area contributed by atoms with Crippen LogP contribution in [0.2, 0.25) is 0 Å². The lowest BCUT2D eigenvalue weighted by Gasteiger charge is -2.17. The average molecular weight is 441 g/mol. The zero-order valence-corrected chi connectivity index (χ0v) is 18.0. The van der Waals surface area contributed by atoms with Gasteiger partial charge < -0.3 is 14.5 Å². The Balaban J connectivity index is 1.59. The van der Waals surface area contributed by atoms with Crippen LogP contribution in [0.5, 0.6) is 5.75 Å². The summed E-state index contributed by atoms with van der Waals surface area (Å²) in [4.78, 5) is 31.2. The predicted octanol–water partition coefficient (Wildman–Crippen LogP) is 4.48. The molecule has 0 N–H and O–H groups in total. The van der Waals surface area contributed by atoms with Crippen molar-refractivity contribution in [1.29, 1.82) is 0 Å². The summed E-state index contributed by atoms with van der Waals surface area (Å²) in [5.41, 5.74) is 2.36. The van der Waals surface area contributed by atoms with Gasteiger partial charge in [0.15, 0.2) is 23.7 Å². The van der Waals surface area contributed by atoms with E-state index in [4.69, 9.17) is 4.74 Å². The second-order valence-corrected chi connectivity index (χ2v) is 8.17. The molecule has 0 aliphatic carbocycles. The number of aldehydes is 1. The molecule has 2 aromatic carbocycles. The van der Waals surface area contributed by atoms with Gasteiger partial charge in [0.05, 0.1) is 5.56 Å². The van der Waals surface area contributed by atoms with Gasteiger partial charge in [0.25, 0.3) is 0 Å². The number of benzene rings is 2. The van der Waals surface area contributed by atoms with Crippen LogP contribution in [0, 0.1) is 5.82 Å². The van der Waals surface area contributed by atoms with Crippen LogP contribution in [0.4, 0.5) is 14.9 Å². The molecular formula is C22H21FN4O3S. The molecule has 7 nitrogen and oxygen atoms in total. The lowest BCUT2D eigenvalue weighted by molar-refractivity contribution is 0.111. The fourth-order valence-corrected chi connectivity index (χ4v) is 4.04. The van der Waals surface area contributed by atoms with Crippen molar-refractivity contribution in [2.45, 2.75) is 12.8 Å². The van der Waals surface area contributed by atoms with Gasteiger partial charge in [0.2, 0.25) is 0 Å². The molecular weight excluding hydrogens is 419 g/mol. The monoisotopic (exact) mass is 440 g/mol. The number of hydrogen-bond acceptors (Lipinski definition) is 7. The molecule has 0 spiro atoms. The number of hydrogen-bond donors (Lipinski definition) is 0. The number of ether oxygens (including phenoxy) is 1. The third-order valence-electron chi connectivity index (χ3n) is 5.02. The second kappa shape index (κ2) is 8.81. The first-order valence-electron chi connectivity index (χ1n) is 9.83. The lowest BCUT2D eigenvalue weighted by Crippen LogP contribution is -2.26. The molecule has 1 saturated heterocycles. The summed E-state index contributed by atoms with van der Waals surface area (Å²) in [5.74, 6) is -0.689. The van der Waals surface area contributed by atoms with Crippen molar-refractivity contribution in [2.75, 3.05) is 32.1 Å². The van der Waals surface area contributed by atoms with E-state index in [2.05, 4.69) is 26.4 Å². The third kappa shape index (κ3) is 4.41. The standard InChI is InChI=1S/C22H21FN4O3S/c1-26(2)22(29)30-19-16(13-28)11-15(12-18(19)23)21-24-20(25-31-21)14-5-7-17(8-6-14)27-9-3-4-10-27/h5-8,11-13H,3-4,9-10H2,1-2H3. The van der Waals surface area contributed by atoms with Gasteiger partial charge in [0.1, 0.15) is 5.01 Å². The van der Waals surface area contributed by atoms with Crippen molar-refractivity contribution in [1.82, 2.24) is 14.3 Å². The molecule has 0 unspecified atom stereocenters. The molecule has 0 atom stereocenters. The summed E-state index contributed by atoms with van der Waals surface area (Å²) in [6.45, 7) is 2.14. The Morgan fingerprint density at radius 1 is 1.16 bits per heavy atom. The van der Waals surface area contributed by atoms with Crippen LogP contribution in [0.1, 0.15) is 23.2 Å². The fraction of sp³-hybridized carbons (Fsp3) is 0.273. The quantitative estimate of drug-likeness (QED) is 0.545. The predicted molar refractivity (Wildman–Crippen MR) is 117 cm³/mol. The highest BCUT2D eigenvalue weighted by atomic mass is 32.1. The maximum Gasteiger partial charge on any atom is 0.414 e. The number of aromatic nitrogens is 2. The van der Waals surface area contributed by atoms with Gasteiger partial charge in [0, 0.05) is 44.0 Å². The molecule has 2 heterocycles. The third-order valence-corrected chi connectivity index (χ3v) is 5.79. The van der Waals surface area contributed by atoms with Crippen LogP contribution in [0.25, 0.3) is 22.0 Å². The average Bonchev–Trinajstić information content (AvgIpc) is 3.47. The van der Waals surface area contributed by atoms with Crippen LogP contribution in [0.15, 0.2) is 36.4 Å². The van der Waals surface area contributed by atoms with E-state index in [1.165, 1.54) is 44.8 Å². The maximum atomic E-state index is 14.6. The molecule has 0 saturated carbocycles. The minimum Gasteiger partial charge on any atom is -0.406 e. The van der Waals surface area contributed by atoms with Gasteiger partial charge in [-0.15, -0.1) is 0 Å². The molecule has 1 amide bonds. The van der Waals surface area contributed by atoms with Gasteiger partial charge in [-0.1, -0.05) is 0 Å². The molecule has 1 aliphatic rings. The Hall–Kier alpha value is -3.33. The maximum absolute atomic E-state index is 14.6. The van der Waals surface area contributed by atoms with Crippen LogP contribution in [-0.2, 0) is 0 Å². The van der Waals surface area contributed by atoms with Crippen molar-refractivity contribution in [3.8, 4) is 27.7 Å². The zero-order chi connectivity index (χ0) is 22.0. The SMILES string of the molecule is CN(C)C(=O)Oc1c(F)cc(-c2nc(-c3ccc(N4CCCC4)cc3)ns2)cc1C=O. The molecule has 31 heavy (non-hydrogen) atoms. The summed E-state index contributed by atoms with van der Waals surface area (Å²) in [5, 5.41) is 0.464. The van der Waals surface area contributed by atoms with Gasteiger partial charge in [-0.3, -0.25) is 4.79 Å². The summed E-state index contributed by atoms with van der Waals surface area (Å²) >= 11 is 1.11. The molecule has 9 heteroatoms. The van der Waals surface area contributed by atoms with E-state index in [9.17, 15) is 14.0 Å². The Morgan fingerprint density at radius 2 is 1.87 bits per heavy atom. The first-order chi connectivity index (χ1) is 15.0. The molecule has 1 aromatic heterocycles. The number of nitrogens with zero attached hydrogens (tertiary/aromatic N) is 4. The molecule has 1 aliphatic heterocycles. The molecule has 0 radical (unpaired) electrons. The highest BCUT2D eigenvalue weighted by Gasteiger charge is 2.19. The van der Waals surface area contributed by atoms with Crippen molar-refractivity contribution in [3.63, 3.8) is 0 Å². The lowest BCUT2D eigenvalue weighted by atomic mass is 10.1. The second-order valence-electron chi connectivity index (χ2n) is 7.42. The highest BCUT2D eigenvalue weighted by Crippen LogP contribution is 2.32.